The maximum Gasteiger partial charge on any atom is 0.211 e. The van der Waals surface area contributed by atoms with Gasteiger partial charge >= 0.3 is 0 Å². The summed E-state index contributed by atoms with van der Waals surface area (Å²) in [5, 5.41) is 3.26. The number of rotatable bonds is 3. The van der Waals surface area contributed by atoms with Gasteiger partial charge in [0.05, 0.1) is 11.9 Å². The number of pyridine rings is 1. The van der Waals surface area contributed by atoms with Gasteiger partial charge in [-0.05, 0) is 25.0 Å². The minimum atomic E-state index is -3.07. The molecule has 18 heavy (non-hydrogen) atoms. The number of sulfonamides is 1. The van der Waals surface area contributed by atoms with E-state index in [4.69, 9.17) is 5.73 Å². The van der Waals surface area contributed by atoms with E-state index in [1.165, 1.54) is 10.6 Å². The lowest BCUT2D eigenvalue weighted by Gasteiger charge is -2.31. The number of hydrogen-bond donors (Lipinski definition) is 2. The minimum Gasteiger partial charge on any atom is -0.396 e. The third-order valence-electron chi connectivity index (χ3n) is 3.10. The smallest absolute Gasteiger partial charge is 0.211 e. The Kier molecular flexibility index (Phi) is 3.72. The first-order valence-corrected chi connectivity index (χ1v) is 7.74. The molecule has 0 atom stereocenters. The summed E-state index contributed by atoms with van der Waals surface area (Å²) in [4.78, 5) is 4.17. The second kappa shape index (κ2) is 5.11. The fourth-order valence-electron chi connectivity index (χ4n) is 2.06. The molecule has 0 spiro atoms. The molecule has 1 fully saturated rings. The fraction of sp³-hybridized carbons (Fsp3) is 0.545. The summed E-state index contributed by atoms with van der Waals surface area (Å²) in [5.74, 6) is 0.676. The number of hydrogen-bond acceptors (Lipinski definition) is 5. The summed E-state index contributed by atoms with van der Waals surface area (Å²) in [6.45, 7) is 1.09. The largest absolute Gasteiger partial charge is 0.396 e. The van der Waals surface area contributed by atoms with Crippen molar-refractivity contribution < 1.29 is 8.42 Å². The predicted molar refractivity (Wildman–Crippen MR) is 71.7 cm³/mol. The number of piperidine rings is 1. The Morgan fingerprint density at radius 3 is 2.67 bits per heavy atom. The summed E-state index contributed by atoms with van der Waals surface area (Å²) >= 11 is 0. The highest BCUT2D eigenvalue weighted by atomic mass is 32.2. The van der Waals surface area contributed by atoms with Gasteiger partial charge in [-0.15, -0.1) is 0 Å². The van der Waals surface area contributed by atoms with E-state index in [1.54, 1.807) is 18.3 Å². The molecule has 0 aromatic carbocycles. The molecule has 0 aliphatic carbocycles. The van der Waals surface area contributed by atoms with Crippen molar-refractivity contribution >= 4 is 21.5 Å². The Morgan fingerprint density at radius 2 is 2.11 bits per heavy atom. The van der Waals surface area contributed by atoms with Gasteiger partial charge < -0.3 is 11.1 Å². The fourth-order valence-corrected chi connectivity index (χ4v) is 2.94. The van der Waals surface area contributed by atoms with Gasteiger partial charge in [-0.2, -0.15) is 0 Å². The molecule has 0 radical (unpaired) electrons. The lowest BCUT2D eigenvalue weighted by molar-refractivity contribution is 0.331. The van der Waals surface area contributed by atoms with E-state index in [0.29, 0.717) is 24.6 Å². The molecule has 1 aliphatic heterocycles. The Bertz CT molecular complexity index is 510. The van der Waals surface area contributed by atoms with Crippen LogP contribution in [-0.4, -0.2) is 43.1 Å². The first kappa shape index (κ1) is 13.1. The maximum atomic E-state index is 11.4. The summed E-state index contributed by atoms with van der Waals surface area (Å²) < 4.78 is 24.3. The summed E-state index contributed by atoms with van der Waals surface area (Å²) in [5.41, 5.74) is 6.42. The average molecular weight is 270 g/mol. The molecule has 6 nitrogen and oxygen atoms in total. The zero-order chi connectivity index (χ0) is 13.2. The molecule has 7 heteroatoms. The molecule has 1 saturated heterocycles. The van der Waals surface area contributed by atoms with Crippen LogP contribution in [0.4, 0.5) is 11.5 Å². The number of nitrogens with one attached hydrogen (secondary N) is 1. The summed E-state index contributed by atoms with van der Waals surface area (Å²) in [7, 11) is -3.07. The Morgan fingerprint density at radius 1 is 1.44 bits per heavy atom. The second-order valence-electron chi connectivity index (χ2n) is 4.52. The van der Waals surface area contributed by atoms with E-state index in [-0.39, 0.29) is 6.04 Å². The zero-order valence-electron chi connectivity index (χ0n) is 10.3. The van der Waals surface area contributed by atoms with E-state index in [2.05, 4.69) is 10.3 Å². The molecule has 2 heterocycles. The molecule has 1 aliphatic rings. The third kappa shape index (κ3) is 3.11. The van der Waals surface area contributed by atoms with Crippen LogP contribution in [0.1, 0.15) is 12.8 Å². The highest BCUT2D eigenvalue weighted by molar-refractivity contribution is 7.88. The minimum absolute atomic E-state index is 0.222. The first-order valence-electron chi connectivity index (χ1n) is 5.89. The maximum absolute atomic E-state index is 11.4. The van der Waals surface area contributed by atoms with Crippen molar-refractivity contribution in [3.8, 4) is 0 Å². The monoisotopic (exact) mass is 270 g/mol. The van der Waals surface area contributed by atoms with Crippen molar-refractivity contribution in [3.05, 3.63) is 18.3 Å². The molecule has 0 bridgehead atoms. The van der Waals surface area contributed by atoms with Crippen LogP contribution in [0.15, 0.2) is 18.3 Å². The molecule has 3 N–H and O–H groups in total. The molecular formula is C11H18N4O2S. The van der Waals surface area contributed by atoms with E-state index in [1.807, 2.05) is 0 Å². The normalized spacial score (nSPS) is 18.7. The van der Waals surface area contributed by atoms with E-state index < -0.39 is 10.0 Å². The highest BCUT2D eigenvalue weighted by Gasteiger charge is 2.25. The molecule has 0 saturated carbocycles. The lowest BCUT2D eigenvalue weighted by atomic mass is 10.1. The molecule has 0 amide bonds. The van der Waals surface area contributed by atoms with E-state index in [0.717, 1.165) is 12.8 Å². The topological polar surface area (TPSA) is 88.3 Å². The van der Waals surface area contributed by atoms with Crippen molar-refractivity contribution in [1.29, 1.82) is 0 Å². The first-order chi connectivity index (χ1) is 8.47. The van der Waals surface area contributed by atoms with Gasteiger partial charge in [0.1, 0.15) is 5.82 Å². The third-order valence-corrected chi connectivity index (χ3v) is 4.41. The average Bonchev–Trinajstić information content (AvgIpc) is 2.32. The van der Waals surface area contributed by atoms with Crippen LogP contribution < -0.4 is 11.1 Å². The molecular weight excluding hydrogens is 252 g/mol. The molecule has 1 aromatic rings. The lowest BCUT2D eigenvalue weighted by Crippen LogP contribution is -2.42. The number of aromatic nitrogens is 1. The number of nitrogens with zero attached hydrogens (tertiary/aromatic N) is 2. The summed E-state index contributed by atoms with van der Waals surface area (Å²) in [6, 6.07) is 3.80. The predicted octanol–water partition coefficient (Wildman–Crippen LogP) is 0.500. The Hall–Kier alpha value is -1.34. The van der Waals surface area contributed by atoms with Crippen molar-refractivity contribution in [2.75, 3.05) is 30.4 Å². The Labute approximate surface area is 107 Å². The standard InChI is InChI=1S/C11H18N4O2S/c1-18(16,17)15-7-4-9(5-8-15)14-11-10(12)3-2-6-13-11/h2-3,6,9H,4-5,7-8,12H2,1H3,(H,13,14). The van der Waals surface area contributed by atoms with Crippen LogP contribution in [0.2, 0.25) is 0 Å². The van der Waals surface area contributed by atoms with Crippen LogP contribution in [0.3, 0.4) is 0 Å². The van der Waals surface area contributed by atoms with Gasteiger partial charge in [0.2, 0.25) is 10.0 Å². The van der Waals surface area contributed by atoms with E-state index >= 15 is 0 Å². The van der Waals surface area contributed by atoms with Gasteiger partial charge in [-0.3, -0.25) is 0 Å². The van der Waals surface area contributed by atoms with Crippen molar-refractivity contribution in [2.45, 2.75) is 18.9 Å². The summed E-state index contributed by atoms with van der Waals surface area (Å²) in [6.07, 6.45) is 4.47. The van der Waals surface area contributed by atoms with Crippen molar-refractivity contribution in [3.63, 3.8) is 0 Å². The van der Waals surface area contributed by atoms with E-state index in [9.17, 15) is 8.42 Å². The van der Waals surface area contributed by atoms with Crippen LogP contribution in [-0.2, 0) is 10.0 Å². The zero-order valence-corrected chi connectivity index (χ0v) is 11.2. The van der Waals surface area contributed by atoms with Crippen LogP contribution in [0.25, 0.3) is 0 Å². The molecule has 100 valence electrons. The number of nitrogen functional groups attached to an aromatic ring is 1. The number of nitrogens with two attached hydrogens (primary N) is 1. The SMILES string of the molecule is CS(=O)(=O)N1CCC(Nc2ncccc2N)CC1. The quantitative estimate of drug-likeness (QED) is 0.835. The molecule has 2 rings (SSSR count). The Balaban J connectivity index is 1.94. The van der Waals surface area contributed by atoms with Gasteiger partial charge in [0.15, 0.2) is 0 Å². The van der Waals surface area contributed by atoms with Gasteiger partial charge in [0, 0.05) is 25.3 Å². The van der Waals surface area contributed by atoms with Crippen LogP contribution in [0.5, 0.6) is 0 Å². The second-order valence-corrected chi connectivity index (χ2v) is 6.50. The van der Waals surface area contributed by atoms with Gasteiger partial charge in [-0.25, -0.2) is 17.7 Å². The highest BCUT2D eigenvalue weighted by Crippen LogP contribution is 2.20. The van der Waals surface area contributed by atoms with Crippen molar-refractivity contribution in [2.24, 2.45) is 0 Å². The van der Waals surface area contributed by atoms with Gasteiger partial charge in [0.25, 0.3) is 0 Å². The van der Waals surface area contributed by atoms with Crippen LogP contribution >= 0.6 is 0 Å². The molecule has 1 aromatic heterocycles. The van der Waals surface area contributed by atoms with Gasteiger partial charge in [-0.1, -0.05) is 0 Å². The number of anilines is 2. The van der Waals surface area contributed by atoms with Crippen LogP contribution in [0, 0.1) is 0 Å². The van der Waals surface area contributed by atoms with Crippen molar-refractivity contribution in [1.82, 2.24) is 9.29 Å². The molecule has 0 unspecified atom stereocenters.